The third kappa shape index (κ3) is 6.49. The minimum atomic E-state index is -0.576. The second kappa shape index (κ2) is 13.3. The van der Waals surface area contributed by atoms with Gasteiger partial charge in [-0.15, -0.1) is 11.3 Å². The number of rotatable bonds is 13. The number of carbonyl (C=O) groups excluding carboxylic acids is 4. The summed E-state index contributed by atoms with van der Waals surface area (Å²) in [6.45, 7) is 9.18. The maximum atomic E-state index is 13.5. The normalized spacial score (nSPS) is 11.7. The van der Waals surface area contributed by atoms with Crippen molar-refractivity contribution in [1.82, 2.24) is 38.7 Å². The third-order valence-corrected chi connectivity index (χ3v) is 9.15. The summed E-state index contributed by atoms with van der Waals surface area (Å²) in [5.74, 6) is -0.833. The van der Waals surface area contributed by atoms with E-state index in [1.807, 2.05) is 44.4 Å². The van der Waals surface area contributed by atoms with Crippen molar-refractivity contribution in [3.63, 3.8) is 0 Å². The summed E-state index contributed by atoms with van der Waals surface area (Å²) in [6.07, 6.45) is 3.81. The average molecular weight is 682 g/mol. The highest BCUT2D eigenvalue weighted by Crippen LogP contribution is 2.29. The Balaban J connectivity index is 1.31. The maximum absolute atomic E-state index is 13.5. The number of nitrogens with zero attached hydrogens (tertiary/aromatic N) is 8. The number of allylic oxidation sites excluding steroid dienone is 2. The molecule has 16 heteroatoms. The van der Waals surface area contributed by atoms with Gasteiger partial charge in [-0.05, 0) is 64.1 Å². The highest BCUT2D eigenvalue weighted by atomic mass is 32.1. The van der Waals surface area contributed by atoms with Crippen LogP contribution >= 0.6 is 11.3 Å². The first kappa shape index (κ1) is 33.0. The van der Waals surface area contributed by atoms with Crippen LogP contribution < -0.4 is 16.8 Å². The van der Waals surface area contributed by atoms with Gasteiger partial charge in [-0.2, -0.15) is 10.2 Å². The van der Waals surface area contributed by atoms with Gasteiger partial charge in [0.1, 0.15) is 27.6 Å². The largest absolute Gasteiger partial charge is 0.366 e. The molecule has 0 bridgehead atoms. The number of nitrogens with two attached hydrogens (primary N) is 2. The number of hydrogen-bond acceptors (Lipinski definition) is 9. The molecule has 1 aromatic carbocycles. The highest BCUT2D eigenvalue weighted by molar-refractivity contribution is 7.20. The molecule has 0 aliphatic rings. The van der Waals surface area contributed by atoms with Crippen molar-refractivity contribution in [2.24, 2.45) is 11.5 Å². The Morgan fingerprint density at radius 1 is 0.816 bits per heavy atom. The second-order valence-electron chi connectivity index (χ2n) is 11.4. The number of aromatic nitrogens is 8. The smallest absolute Gasteiger partial charge is 0.276 e. The molecule has 6 aromatic rings. The van der Waals surface area contributed by atoms with E-state index in [1.165, 1.54) is 11.3 Å². The molecule has 0 aliphatic carbocycles. The standard InChI is InChI=1S/C33H35N11O4S/c1-5-43-24(13-18(3)39-43)26(45)17-28-36-21-15-20(29(34)46)9-10-23(21)41(28)11-7-8-12-42-32-22(16-27(49-32)30(35)47)37-33(42)38-31(48)25-14-19(4)40-44(25)6-2/h7-10,13-16H,5-6,11-12,17H2,1-4H3,(H2,34,46)(H2,35,47)(H,37,38,48)/b8-7+. The number of carbonyl (C=O) groups is 4. The van der Waals surface area contributed by atoms with Crippen LogP contribution in [0.25, 0.3) is 21.4 Å². The molecular weight excluding hydrogens is 647 g/mol. The van der Waals surface area contributed by atoms with E-state index in [1.54, 1.807) is 50.3 Å². The van der Waals surface area contributed by atoms with Crippen molar-refractivity contribution in [2.75, 3.05) is 5.32 Å². The number of ketones is 1. The summed E-state index contributed by atoms with van der Waals surface area (Å²) in [5.41, 5.74) is 15.5. The van der Waals surface area contributed by atoms with Gasteiger partial charge in [0.2, 0.25) is 11.9 Å². The van der Waals surface area contributed by atoms with Gasteiger partial charge in [-0.25, -0.2) is 9.97 Å². The van der Waals surface area contributed by atoms with Gasteiger partial charge < -0.3 is 16.0 Å². The lowest BCUT2D eigenvalue weighted by Gasteiger charge is -2.09. The number of aryl methyl sites for hydroxylation is 4. The second-order valence-corrected chi connectivity index (χ2v) is 12.4. The Hall–Kier alpha value is -5.90. The Bertz CT molecular complexity index is 2300. The SMILES string of the molecule is CCn1nc(C)cc1C(=O)Cc1nc2cc(C(N)=O)ccc2n1C/C=C/Cn1c(NC(=O)c2cc(C)nn2CC)nc2cc(C(N)=O)sc21. The first-order chi connectivity index (χ1) is 23.5. The summed E-state index contributed by atoms with van der Waals surface area (Å²) < 4.78 is 6.99. The quantitative estimate of drug-likeness (QED) is 0.121. The molecule has 0 saturated heterocycles. The van der Waals surface area contributed by atoms with E-state index >= 15 is 0 Å². The monoisotopic (exact) mass is 681 g/mol. The maximum Gasteiger partial charge on any atom is 0.276 e. The highest BCUT2D eigenvalue weighted by Gasteiger charge is 2.22. The number of imidazole rings is 2. The molecule has 3 amide bonds. The number of primary amides is 2. The lowest BCUT2D eigenvalue weighted by atomic mass is 10.2. The van der Waals surface area contributed by atoms with E-state index in [9.17, 15) is 19.2 Å². The van der Waals surface area contributed by atoms with Gasteiger partial charge in [-0.1, -0.05) is 12.2 Å². The summed E-state index contributed by atoms with van der Waals surface area (Å²) in [5, 5.41) is 11.7. The van der Waals surface area contributed by atoms with Crippen molar-refractivity contribution >= 4 is 62.2 Å². The van der Waals surface area contributed by atoms with Crippen LogP contribution in [0.4, 0.5) is 5.95 Å². The number of Topliss-reactive ketones (excluding diaryl/α,β-unsaturated/α-hetero) is 1. The van der Waals surface area contributed by atoms with Crippen molar-refractivity contribution in [1.29, 1.82) is 0 Å². The van der Waals surface area contributed by atoms with E-state index < -0.39 is 11.8 Å². The molecular formula is C33H35N11O4S. The fourth-order valence-corrected chi connectivity index (χ4v) is 6.67. The van der Waals surface area contributed by atoms with Crippen molar-refractivity contribution in [3.8, 4) is 0 Å². The van der Waals surface area contributed by atoms with Crippen LogP contribution in [-0.2, 0) is 32.6 Å². The number of thiophene rings is 1. The predicted molar refractivity (Wildman–Crippen MR) is 185 cm³/mol. The molecule has 15 nitrogen and oxygen atoms in total. The molecule has 49 heavy (non-hydrogen) atoms. The van der Waals surface area contributed by atoms with E-state index in [2.05, 4.69) is 20.5 Å². The molecule has 0 unspecified atom stereocenters. The Kier molecular flexibility index (Phi) is 8.97. The Morgan fingerprint density at radius 2 is 1.47 bits per heavy atom. The first-order valence-corrected chi connectivity index (χ1v) is 16.5. The van der Waals surface area contributed by atoms with Crippen LogP contribution in [0.5, 0.6) is 0 Å². The number of fused-ring (bicyclic) bond motifs is 2. The zero-order valence-corrected chi connectivity index (χ0v) is 28.2. The van der Waals surface area contributed by atoms with Crippen molar-refractivity contribution in [2.45, 2.75) is 60.3 Å². The van der Waals surface area contributed by atoms with Gasteiger partial charge >= 0.3 is 0 Å². The third-order valence-electron chi connectivity index (χ3n) is 7.98. The number of amides is 3. The molecule has 5 N–H and O–H groups in total. The molecule has 5 heterocycles. The molecule has 0 saturated carbocycles. The zero-order chi connectivity index (χ0) is 35.0. The minimum absolute atomic E-state index is 0.0107. The lowest BCUT2D eigenvalue weighted by molar-refractivity contribution is 0.0975. The predicted octanol–water partition coefficient (Wildman–Crippen LogP) is 3.63. The van der Waals surface area contributed by atoms with E-state index in [-0.39, 0.29) is 18.1 Å². The van der Waals surface area contributed by atoms with Gasteiger partial charge in [0.05, 0.1) is 33.7 Å². The molecule has 0 spiro atoms. The van der Waals surface area contributed by atoms with E-state index in [0.29, 0.717) is 75.6 Å². The summed E-state index contributed by atoms with van der Waals surface area (Å²) in [7, 11) is 0. The number of hydrogen-bond donors (Lipinski definition) is 3. The van der Waals surface area contributed by atoms with E-state index in [0.717, 1.165) is 16.9 Å². The van der Waals surface area contributed by atoms with Crippen LogP contribution in [-0.4, -0.2) is 62.2 Å². The summed E-state index contributed by atoms with van der Waals surface area (Å²) >= 11 is 1.19. The van der Waals surface area contributed by atoms with Gasteiger partial charge in [0.15, 0.2) is 5.78 Å². The number of anilines is 1. The van der Waals surface area contributed by atoms with Crippen LogP contribution in [0.2, 0.25) is 0 Å². The van der Waals surface area contributed by atoms with Crippen molar-refractivity contribution in [3.05, 3.63) is 87.6 Å². The fourth-order valence-electron chi connectivity index (χ4n) is 5.71. The molecule has 0 aliphatic heterocycles. The van der Waals surface area contributed by atoms with Gasteiger partial charge in [0, 0.05) is 31.7 Å². The van der Waals surface area contributed by atoms with Crippen LogP contribution in [0.15, 0.2) is 48.6 Å². The molecule has 0 atom stereocenters. The summed E-state index contributed by atoms with van der Waals surface area (Å²) in [6, 6.07) is 10.1. The molecule has 0 fully saturated rings. The molecule has 5 aromatic heterocycles. The average Bonchev–Trinajstić information content (AvgIpc) is 3.87. The molecule has 0 radical (unpaired) electrons. The zero-order valence-electron chi connectivity index (χ0n) is 27.4. The van der Waals surface area contributed by atoms with Crippen LogP contribution in [0.1, 0.15) is 72.1 Å². The lowest BCUT2D eigenvalue weighted by Crippen LogP contribution is -2.20. The number of benzene rings is 1. The Morgan fingerprint density at radius 3 is 2.12 bits per heavy atom. The first-order valence-electron chi connectivity index (χ1n) is 15.6. The van der Waals surface area contributed by atoms with Crippen molar-refractivity contribution < 1.29 is 19.2 Å². The molecule has 6 rings (SSSR count). The summed E-state index contributed by atoms with van der Waals surface area (Å²) in [4.78, 5) is 60.9. The van der Waals surface area contributed by atoms with Crippen LogP contribution in [0, 0.1) is 13.8 Å². The fraction of sp³-hybridized carbons (Fsp3) is 0.273. The number of nitrogens with one attached hydrogen (secondary N) is 1. The molecule has 252 valence electrons. The van der Waals surface area contributed by atoms with Crippen LogP contribution in [0.3, 0.4) is 0 Å². The van der Waals surface area contributed by atoms with E-state index in [4.69, 9.17) is 16.5 Å². The topological polar surface area (TPSA) is 204 Å². The minimum Gasteiger partial charge on any atom is -0.366 e. The Labute approximate surface area is 284 Å². The van der Waals surface area contributed by atoms with Gasteiger partial charge in [-0.3, -0.25) is 38.4 Å². The van der Waals surface area contributed by atoms with Gasteiger partial charge in [0.25, 0.3) is 11.8 Å².